The Morgan fingerprint density at radius 1 is 1.09 bits per heavy atom. The Hall–Kier alpha value is -2.30. The Morgan fingerprint density at radius 3 is 2.43 bits per heavy atom. The minimum atomic E-state index is 0.0175. The number of aliphatic hydroxyl groups is 1. The van der Waals surface area contributed by atoms with Crippen molar-refractivity contribution in [2.75, 3.05) is 0 Å². The molecule has 4 nitrogen and oxygen atoms in total. The fourth-order valence-corrected chi connectivity index (χ4v) is 2.35. The van der Waals surface area contributed by atoms with Crippen LogP contribution in [0.4, 0.5) is 0 Å². The molecule has 0 aliphatic heterocycles. The Balaban J connectivity index is 1.71. The summed E-state index contributed by atoms with van der Waals surface area (Å²) in [5.41, 5.74) is 2.58. The van der Waals surface area contributed by atoms with E-state index in [9.17, 15) is 0 Å². The molecule has 5 heteroatoms. The number of halogens is 1. The first-order chi connectivity index (χ1) is 11.2. The Labute approximate surface area is 139 Å². The van der Waals surface area contributed by atoms with Gasteiger partial charge in [-0.25, -0.2) is 4.98 Å². The molecule has 0 saturated heterocycles. The zero-order valence-electron chi connectivity index (χ0n) is 12.6. The summed E-state index contributed by atoms with van der Waals surface area (Å²) in [7, 11) is 0. The number of ether oxygens (including phenoxy) is 1. The van der Waals surface area contributed by atoms with Crippen LogP contribution in [0.15, 0.2) is 52.9 Å². The summed E-state index contributed by atoms with van der Waals surface area (Å²) in [6.07, 6.45) is 0. The van der Waals surface area contributed by atoms with Gasteiger partial charge in [-0.3, -0.25) is 0 Å². The first-order valence-corrected chi connectivity index (χ1v) is 7.58. The highest BCUT2D eigenvalue weighted by molar-refractivity contribution is 6.30. The van der Waals surface area contributed by atoms with Gasteiger partial charge in [-0.15, -0.1) is 0 Å². The lowest BCUT2D eigenvalue weighted by atomic mass is 10.1. The largest absolute Gasteiger partial charge is 0.484 e. The summed E-state index contributed by atoms with van der Waals surface area (Å²) in [5.74, 6) is 1.93. The van der Waals surface area contributed by atoms with Gasteiger partial charge in [0.05, 0.1) is 12.3 Å². The number of aromatic nitrogens is 1. The second-order valence-corrected chi connectivity index (χ2v) is 5.56. The van der Waals surface area contributed by atoms with E-state index in [1.54, 1.807) is 0 Å². The number of hydrogen-bond acceptors (Lipinski definition) is 4. The Kier molecular flexibility index (Phi) is 4.65. The van der Waals surface area contributed by atoms with E-state index >= 15 is 0 Å². The van der Waals surface area contributed by atoms with Crippen molar-refractivity contribution in [1.82, 2.24) is 4.98 Å². The molecule has 0 amide bonds. The van der Waals surface area contributed by atoms with Gasteiger partial charge >= 0.3 is 0 Å². The lowest BCUT2D eigenvalue weighted by Gasteiger charge is -2.04. The minimum Gasteiger partial charge on any atom is -0.484 e. The van der Waals surface area contributed by atoms with Crippen LogP contribution < -0.4 is 4.74 Å². The van der Waals surface area contributed by atoms with Gasteiger partial charge < -0.3 is 14.3 Å². The van der Waals surface area contributed by atoms with E-state index in [1.165, 1.54) is 0 Å². The van der Waals surface area contributed by atoms with Crippen LogP contribution in [0.5, 0.6) is 5.75 Å². The van der Waals surface area contributed by atoms with Gasteiger partial charge in [-0.05, 0) is 48.9 Å². The van der Waals surface area contributed by atoms with Crippen molar-refractivity contribution in [1.29, 1.82) is 0 Å². The number of rotatable bonds is 5. The van der Waals surface area contributed by atoms with Gasteiger partial charge in [0.15, 0.2) is 12.4 Å². The maximum Gasteiger partial charge on any atom is 0.233 e. The van der Waals surface area contributed by atoms with Crippen LogP contribution in [-0.4, -0.2) is 10.1 Å². The molecule has 3 aromatic rings. The molecule has 0 atom stereocenters. The van der Waals surface area contributed by atoms with Crippen molar-refractivity contribution < 1.29 is 14.3 Å². The topological polar surface area (TPSA) is 55.5 Å². The molecule has 0 saturated carbocycles. The van der Waals surface area contributed by atoms with Crippen molar-refractivity contribution in [3.05, 3.63) is 70.7 Å². The fourth-order valence-electron chi connectivity index (χ4n) is 2.22. The number of oxazole rings is 1. The van der Waals surface area contributed by atoms with E-state index in [2.05, 4.69) is 4.98 Å². The molecule has 0 spiro atoms. The summed E-state index contributed by atoms with van der Waals surface area (Å²) in [5, 5.41) is 9.70. The van der Waals surface area contributed by atoms with Crippen LogP contribution >= 0.6 is 11.6 Å². The highest BCUT2D eigenvalue weighted by Gasteiger charge is 2.12. The average Bonchev–Trinajstić information content (AvgIpc) is 2.95. The van der Waals surface area contributed by atoms with Crippen molar-refractivity contribution >= 4 is 11.6 Å². The van der Waals surface area contributed by atoms with E-state index < -0.39 is 0 Å². The molecule has 1 N–H and O–H groups in total. The molecule has 1 heterocycles. The van der Waals surface area contributed by atoms with Crippen LogP contribution in [0.2, 0.25) is 5.02 Å². The van der Waals surface area contributed by atoms with E-state index in [-0.39, 0.29) is 13.2 Å². The smallest absolute Gasteiger partial charge is 0.233 e. The van der Waals surface area contributed by atoms with Crippen LogP contribution in [0.25, 0.3) is 11.3 Å². The van der Waals surface area contributed by atoms with Crippen molar-refractivity contribution in [3.63, 3.8) is 0 Å². The molecule has 0 bridgehead atoms. The Bertz CT molecular complexity index is 779. The Morgan fingerprint density at radius 2 is 1.78 bits per heavy atom. The third kappa shape index (κ3) is 3.73. The highest BCUT2D eigenvalue weighted by Crippen LogP contribution is 2.26. The lowest BCUT2D eigenvalue weighted by Crippen LogP contribution is -1.95. The quantitative estimate of drug-likeness (QED) is 0.755. The van der Waals surface area contributed by atoms with Crippen LogP contribution in [-0.2, 0) is 13.2 Å². The van der Waals surface area contributed by atoms with E-state index in [0.717, 1.165) is 22.6 Å². The zero-order chi connectivity index (χ0) is 16.2. The van der Waals surface area contributed by atoms with E-state index in [0.29, 0.717) is 16.7 Å². The van der Waals surface area contributed by atoms with Gasteiger partial charge in [0.1, 0.15) is 5.75 Å². The van der Waals surface area contributed by atoms with Crippen LogP contribution in [0.3, 0.4) is 0 Å². The van der Waals surface area contributed by atoms with Crippen molar-refractivity contribution in [3.8, 4) is 17.1 Å². The predicted octanol–water partition coefficient (Wildman–Crippen LogP) is 4.37. The molecular weight excluding hydrogens is 314 g/mol. The molecule has 0 aliphatic carbocycles. The standard InChI is InChI=1S/C18H16ClNO3/c1-12-18(14-4-6-15(19)7-5-14)23-17(20-12)11-22-16-8-2-13(10-21)3-9-16/h2-9,21H,10-11H2,1H3. The number of benzene rings is 2. The van der Waals surface area contributed by atoms with Crippen molar-refractivity contribution in [2.24, 2.45) is 0 Å². The number of aliphatic hydroxyl groups excluding tert-OH is 1. The third-order valence-corrected chi connectivity index (χ3v) is 3.67. The molecule has 0 unspecified atom stereocenters. The molecule has 0 fully saturated rings. The molecule has 118 valence electrons. The van der Waals surface area contributed by atoms with Gasteiger partial charge in [-0.1, -0.05) is 23.7 Å². The molecule has 1 aromatic heterocycles. The number of nitrogens with zero attached hydrogens (tertiary/aromatic N) is 1. The maximum atomic E-state index is 9.02. The molecule has 23 heavy (non-hydrogen) atoms. The normalized spacial score (nSPS) is 10.7. The highest BCUT2D eigenvalue weighted by atomic mass is 35.5. The first kappa shape index (κ1) is 15.6. The van der Waals surface area contributed by atoms with E-state index in [1.807, 2.05) is 55.5 Å². The van der Waals surface area contributed by atoms with E-state index in [4.69, 9.17) is 25.9 Å². The summed E-state index contributed by atoms with van der Waals surface area (Å²) in [4.78, 5) is 4.39. The summed E-state index contributed by atoms with van der Waals surface area (Å²) in [6.45, 7) is 2.16. The first-order valence-electron chi connectivity index (χ1n) is 7.20. The van der Waals surface area contributed by atoms with Gasteiger partial charge in [0.2, 0.25) is 5.89 Å². The molecule has 0 aliphatic rings. The SMILES string of the molecule is Cc1nc(COc2ccc(CO)cc2)oc1-c1ccc(Cl)cc1. The summed E-state index contributed by atoms with van der Waals surface area (Å²) in [6, 6.07) is 14.7. The third-order valence-electron chi connectivity index (χ3n) is 3.42. The van der Waals surface area contributed by atoms with Crippen molar-refractivity contribution in [2.45, 2.75) is 20.1 Å². The number of aryl methyl sites for hydroxylation is 1. The summed E-state index contributed by atoms with van der Waals surface area (Å²) < 4.78 is 11.4. The second kappa shape index (κ2) is 6.86. The predicted molar refractivity (Wildman–Crippen MR) is 88.4 cm³/mol. The van der Waals surface area contributed by atoms with Gasteiger partial charge in [0.25, 0.3) is 0 Å². The number of hydrogen-bond donors (Lipinski definition) is 1. The lowest BCUT2D eigenvalue weighted by molar-refractivity contribution is 0.263. The van der Waals surface area contributed by atoms with Crippen LogP contribution in [0.1, 0.15) is 17.1 Å². The maximum absolute atomic E-state index is 9.02. The summed E-state index contributed by atoms with van der Waals surface area (Å²) >= 11 is 5.90. The minimum absolute atomic E-state index is 0.0175. The monoisotopic (exact) mass is 329 g/mol. The zero-order valence-corrected chi connectivity index (χ0v) is 13.4. The van der Waals surface area contributed by atoms with Gasteiger partial charge in [-0.2, -0.15) is 0 Å². The van der Waals surface area contributed by atoms with Gasteiger partial charge in [0, 0.05) is 10.6 Å². The van der Waals surface area contributed by atoms with Crippen LogP contribution in [0, 0.1) is 6.92 Å². The average molecular weight is 330 g/mol. The fraction of sp³-hybridized carbons (Fsp3) is 0.167. The molecule has 3 rings (SSSR count). The molecule has 0 radical (unpaired) electrons. The molecular formula is C18H16ClNO3. The molecule has 2 aromatic carbocycles. The second-order valence-electron chi connectivity index (χ2n) is 5.12.